The van der Waals surface area contributed by atoms with E-state index in [2.05, 4.69) is 30.9 Å². The third-order valence-corrected chi connectivity index (χ3v) is 21.3. The highest BCUT2D eigenvalue weighted by Crippen LogP contribution is 2.65. The van der Waals surface area contributed by atoms with Crippen LogP contribution in [0.15, 0.2) is 107 Å². The summed E-state index contributed by atoms with van der Waals surface area (Å²) >= 11 is 0.531. The van der Waals surface area contributed by atoms with Crippen LogP contribution in [0.2, 0.25) is 0 Å². The second-order valence-electron chi connectivity index (χ2n) is 24.3. The lowest BCUT2D eigenvalue weighted by molar-refractivity contribution is -0.141. The number of unbranched alkanes of at least 4 members (excludes halogenated alkanes) is 2. The molecule has 4 aliphatic rings. The van der Waals surface area contributed by atoms with Crippen molar-refractivity contribution in [2.24, 2.45) is 11.8 Å². The SMILES string of the molecule is COc1ccc(C(=O)Oc2ccc(CSP3(=O)OC[C@H]4O[C@@H](n5cnc6c(NC(=O)OCc7ccc(NC(=O)C(NC(=O)C(C(C)C)N(C)C(=O)CCCCCN8C(=O)CCC8=O)C(C)C)cc7)ncnc65)[C@H](F)[C@@H]4OP(=O)(O)OC[C@H]4O[C@@H](n5ccc(=O)[nH]c5=O)[C@H](F)[C@@H]4O3)cc2)cc1. The van der Waals surface area contributed by atoms with Gasteiger partial charge in [0.15, 0.2) is 41.8 Å². The van der Waals surface area contributed by atoms with Gasteiger partial charge in [0, 0.05) is 56.6 Å². The lowest BCUT2D eigenvalue weighted by atomic mass is 9.98. The number of rotatable bonds is 24. The number of imide groups is 1. The third-order valence-electron chi connectivity index (χ3n) is 16.6. The highest BCUT2D eigenvalue weighted by Gasteiger charge is 2.55. The minimum absolute atomic E-state index is 0.116. The van der Waals surface area contributed by atoms with E-state index in [1.54, 1.807) is 64.1 Å². The highest BCUT2D eigenvalue weighted by atomic mass is 32.7. The van der Waals surface area contributed by atoms with Crippen LogP contribution in [-0.4, -0.2) is 168 Å². The number of likely N-dealkylation sites (N-methyl/N-ethyl adjacent to an activating group) is 1. The molecule has 7 heterocycles. The molecule has 100 heavy (non-hydrogen) atoms. The Morgan fingerprint density at radius 1 is 0.760 bits per heavy atom. The number of ether oxygens (including phenoxy) is 5. The molecule has 3 aromatic heterocycles. The molecule has 5 N–H and O–H groups in total. The molecular weight excluding hydrogens is 1380 g/mol. The summed E-state index contributed by atoms with van der Waals surface area (Å²) in [7, 11) is -2.39. The summed E-state index contributed by atoms with van der Waals surface area (Å²) in [4.78, 5) is 144. The maximum absolute atomic E-state index is 17.1. The van der Waals surface area contributed by atoms with Gasteiger partial charge < -0.3 is 44.1 Å². The number of phosphoric acid groups is 1. The van der Waals surface area contributed by atoms with Gasteiger partial charge in [0.25, 0.3) is 5.56 Å². The number of esters is 1. The van der Waals surface area contributed by atoms with Crippen molar-refractivity contribution in [1.29, 1.82) is 0 Å². The number of likely N-dealkylation sites (tertiary alicyclic amines) is 1. The van der Waals surface area contributed by atoms with Crippen molar-refractivity contribution in [2.75, 3.05) is 44.5 Å². The zero-order valence-corrected chi connectivity index (χ0v) is 57.4. The summed E-state index contributed by atoms with van der Waals surface area (Å²) in [6.45, 7) is 0.335. The van der Waals surface area contributed by atoms with E-state index in [9.17, 15) is 52.6 Å². The Balaban J connectivity index is 0.765. The van der Waals surface area contributed by atoms with Gasteiger partial charge >= 0.3 is 32.4 Å². The van der Waals surface area contributed by atoms with Gasteiger partial charge in [-0.3, -0.25) is 71.2 Å². The first-order valence-electron chi connectivity index (χ1n) is 31.7. The minimum Gasteiger partial charge on any atom is -0.497 e. The number of nitrogens with zero attached hydrogens (tertiary/aromatic N) is 7. The molecule has 12 atom stereocenters. The number of H-pyrrole nitrogens is 1. The Kier molecular flexibility index (Phi) is 24.0. The maximum atomic E-state index is 17.1. The number of phosphoric ester groups is 1. The van der Waals surface area contributed by atoms with E-state index in [0.29, 0.717) is 64.3 Å². The molecule has 4 aliphatic heterocycles. The number of methoxy groups -OCH3 is 1. The summed E-state index contributed by atoms with van der Waals surface area (Å²) in [6, 6.07) is 17.4. The van der Waals surface area contributed by atoms with Gasteiger partial charge in [0.2, 0.25) is 29.5 Å². The molecule has 4 unspecified atom stereocenters. The molecule has 37 heteroatoms. The fourth-order valence-electron chi connectivity index (χ4n) is 11.4. The van der Waals surface area contributed by atoms with E-state index < -0.39 is 124 Å². The van der Waals surface area contributed by atoms with E-state index in [1.807, 2.05) is 4.98 Å². The minimum atomic E-state index is -5.41. The highest BCUT2D eigenvalue weighted by molar-refractivity contribution is 8.54. The molecule has 3 aromatic carbocycles. The fourth-order valence-corrected chi connectivity index (χ4v) is 15.7. The molecule has 6 amide bonds. The van der Waals surface area contributed by atoms with Crippen molar-refractivity contribution in [3.8, 4) is 11.5 Å². The van der Waals surface area contributed by atoms with Gasteiger partial charge in [-0.25, -0.2) is 47.2 Å². The Labute approximate surface area is 573 Å². The largest absolute Gasteiger partial charge is 0.497 e. The molecule has 0 radical (unpaired) electrons. The fraction of sp³-hybridized carbons (Fsp3) is 0.460. The van der Waals surface area contributed by atoms with Crippen LogP contribution in [-0.2, 0) is 77.8 Å². The monoisotopic (exact) mass is 1450 g/mol. The van der Waals surface area contributed by atoms with Gasteiger partial charge in [-0.1, -0.05) is 58.4 Å². The number of benzene rings is 3. The number of alkyl halides is 2. The van der Waals surface area contributed by atoms with Gasteiger partial charge in [-0.05, 0) is 95.7 Å². The topological polar surface area (TPSA) is 398 Å². The van der Waals surface area contributed by atoms with Crippen molar-refractivity contribution >= 4 is 90.3 Å². The van der Waals surface area contributed by atoms with Crippen LogP contribution < -0.4 is 36.7 Å². The number of aromatic amines is 1. The molecule has 536 valence electrons. The quantitative estimate of drug-likeness (QED) is 0.0133. The normalized spacial score (nSPS) is 24.5. The van der Waals surface area contributed by atoms with Gasteiger partial charge in [0.05, 0.1) is 32.2 Å². The van der Waals surface area contributed by atoms with E-state index in [0.717, 1.165) is 29.5 Å². The average Bonchev–Trinajstić information content (AvgIpc) is 1.61. The number of carbonyl (C=O) groups is 7. The molecular formula is C63H73F2N11O21P2S. The lowest BCUT2D eigenvalue weighted by Gasteiger charge is -2.32. The summed E-state index contributed by atoms with van der Waals surface area (Å²) in [5.74, 6) is -2.84. The van der Waals surface area contributed by atoms with Gasteiger partial charge in [-0.2, -0.15) is 0 Å². The van der Waals surface area contributed by atoms with Crippen LogP contribution >= 0.6 is 26.0 Å². The van der Waals surface area contributed by atoms with Crippen molar-refractivity contribution < 1.29 is 98.1 Å². The average molecular weight is 1450 g/mol. The molecule has 0 spiro atoms. The number of nitrogens with one attached hydrogen (secondary N) is 4. The Hall–Kier alpha value is -8.63. The lowest BCUT2D eigenvalue weighted by Crippen LogP contribution is -2.56. The first-order valence-corrected chi connectivity index (χ1v) is 36.3. The second-order valence-corrected chi connectivity index (χ2v) is 29.8. The van der Waals surface area contributed by atoms with Crippen LogP contribution in [0.25, 0.3) is 11.2 Å². The van der Waals surface area contributed by atoms with Crippen molar-refractivity contribution in [2.45, 2.75) is 140 Å². The number of hydrogen-bond acceptors (Lipinski definition) is 24. The van der Waals surface area contributed by atoms with Crippen LogP contribution in [0.5, 0.6) is 11.5 Å². The number of carbonyl (C=O) groups excluding carboxylic acids is 7. The van der Waals surface area contributed by atoms with Crippen LogP contribution in [0.1, 0.15) is 100 Å². The predicted octanol–water partition coefficient (Wildman–Crippen LogP) is 7.05. The summed E-state index contributed by atoms with van der Waals surface area (Å²) in [6.07, 6.45) is -11.8. The molecule has 6 aromatic rings. The number of halogens is 2. The molecule has 0 saturated carbocycles. The Morgan fingerprint density at radius 2 is 1.40 bits per heavy atom. The zero-order chi connectivity index (χ0) is 71.7. The number of hydrogen-bond donors (Lipinski definition) is 5. The number of anilines is 2. The Morgan fingerprint density at radius 3 is 2.05 bits per heavy atom. The summed E-state index contributed by atoms with van der Waals surface area (Å²) < 4.78 is 115. The van der Waals surface area contributed by atoms with Gasteiger partial charge in [-0.15, -0.1) is 0 Å². The second kappa shape index (κ2) is 32.4. The van der Waals surface area contributed by atoms with Gasteiger partial charge in [0.1, 0.15) is 60.9 Å². The molecule has 4 saturated heterocycles. The smallest absolute Gasteiger partial charge is 0.472 e. The molecule has 10 rings (SSSR count). The van der Waals surface area contributed by atoms with Crippen LogP contribution in [0.4, 0.5) is 25.1 Å². The van der Waals surface area contributed by atoms with E-state index in [-0.39, 0.29) is 89.5 Å². The molecule has 32 nitrogen and oxygen atoms in total. The zero-order valence-electron chi connectivity index (χ0n) is 54.7. The van der Waals surface area contributed by atoms with Crippen LogP contribution in [0, 0.1) is 11.8 Å². The first kappa shape index (κ1) is 74.1. The summed E-state index contributed by atoms with van der Waals surface area (Å²) in [5.41, 5.74) is -0.693. The van der Waals surface area contributed by atoms with E-state index >= 15 is 13.3 Å². The summed E-state index contributed by atoms with van der Waals surface area (Å²) in [5, 5.41) is 8.08. The predicted molar refractivity (Wildman–Crippen MR) is 350 cm³/mol. The maximum Gasteiger partial charge on any atom is 0.472 e. The van der Waals surface area contributed by atoms with Crippen molar-refractivity contribution in [1.82, 2.24) is 44.2 Å². The van der Waals surface area contributed by atoms with E-state index in [1.165, 1.54) is 60.4 Å². The molecule has 0 bridgehead atoms. The van der Waals surface area contributed by atoms with Crippen molar-refractivity contribution in [3.63, 3.8) is 0 Å². The molecule has 0 aliphatic carbocycles. The number of fused-ring (bicyclic) bond motifs is 3. The van der Waals surface area contributed by atoms with E-state index in [4.69, 9.17) is 41.8 Å². The third kappa shape index (κ3) is 17.9. The number of imidazole rings is 1. The molecule has 4 fully saturated rings. The first-order chi connectivity index (χ1) is 47.7. The number of amides is 6. The van der Waals surface area contributed by atoms with Crippen LogP contribution in [0.3, 0.4) is 0 Å². The number of aromatic nitrogens is 6. The standard InChI is InChI=1S/C63H73F2N11O21P2S/c1-34(2)50(71-58(82)52(35(3)4)73(5)45(78)10-8-7-9-26-74-46(79)23-24-47(74)80)57(81)69-39-17-11-36(12-18-39)28-90-63(85)72-55-51-56(67-32-66-55)76(33-68-51)60-48(64)53-43(95-60)30-92-99(88,100-31-37-13-19-41(20-14-37)93-61(83)38-15-21-40(89-6)22-16-38)97-54-42(29-91-98(86,87)96-53)94-59(49(54)65)75-27-25-44(77)70-62(75)84/h11-22,25,27,32-35,42-43,48-50,52-54,59-60H,7-10,23-24,26,28-31H2,1-6H3,(H,69,81)(H,71,82)(H,86,87)(H,70,77,84)(H,66,67,72,85)/t42-,43-,48-,49-,50?,52?,53-,54-,59-,60-,99?/m1/s1. The Bertz CT molecular complexity index is 4190. The van der Waals surface area contributed by atoms with Crippen molar-refractivity contribution in [3.05, 3.63) is 135 Å².